The maximum atomic E-state index is 13.6. The number of ketones is 1. The van der Waals surface area contributed by atoms with Gasteiger partial charge in [-0.1, -0.05) is 49.2 Å². The van der Waals surface area contributed by atoms with Gasteiger partial charge in [-0.15, -0.1) is 0 Å². The van der Waals surface area contributed by atoms with Crippen molar-refractivity contribution in [1.82, 2.24) is 4.98 Å². The van der Waals surface area contributed by atoms with Crippen LogP contribution in [0.4, 0.5) is 9.18 Å². The number of nitrogens with zero attached hydrogens (tertiary/aromatic N) is 1. The van der Waals surface area contributed by atoms with Crippen molar-refractivity contribution < 1.29 is 23.5 Å². The number of carbonyl (C=O) groups is 2. The van der Waals surface area contributed by atoms with Gasteiger partial charge in [0.1, 0.15) is 5.82 Å². The Morgan fingerprint density at radius 2 is 1.65 bits per heavy atom. The number of aromatic nitrogens is 1. The topological polar surface area (TPSA) is 65.5 Å². The maximum absolute atomic E-state index is 13.6. The molecule has 1 heterocycles. The van der Waals surface area contributed by atoms with E-state index in [1.165, 1.54) is 37.4 Å². The van der Waals surface area contributed by atoms with Crippen LogP contribution in [0.3, 0.4) is 0 Å². The fourth-order valence-electron chi connectivity index (χ4n) is 3.58. The van der Waals surface area contributed by atoms with E-state index in [4.69, 9.17) is 27.9 Å². The molecule has 1 aromatic heterocycles. The SMILES string of the molecule is COC(=O)Oc1c(C(C)C)nc2c(c1-c1ccc(F)cc1)C(=O)c1cc(Cl)c(Cl)cc1-2. The highest BCUT2D eigenvalue weighted by Crippen LogP contribution is 2.48. The number of fused-ring (bicyclic) bond motifs is 3. The van der Waals surface area contributed by atoms with Crippen LogP contribution in [0.15, 0.2) is 36.4 Å². The molecule has 0 aliphatic heterocycles. The standard InChI is InChI=1S/C23H16Cl2FNO4/c1-10(2)19-22(31-23(29)30-3)17(11-4-6-12(26)7-5-11)18-20(27-19)13-8-15(24)16(25)9-14(13)21(18)28/h4-10H,1-3H3. The lowest BCUT2D eigenvalue weighted by molar-refractivity contribution is 0.104. The van der Waals surface area contributed by atoms with Crippen molar-refractivity contribution in [2.75, 3.05) is 7.11 Å². The molecular weight excluding hydrogens is 444 g/mol. The number of benzene rings is 2. The molecule has 5 nitrogen and oxygen atoms in total. The van der Waals surface area contributed by atoms with Crippen molar-refractivity contribution in [3.05, 3.63) is 69.1 Å². The average Bonchev–Trinajstić information content (AvgIpc) is 2.99. The molecule has 0 saturated carbocycles. The first-order chi connectivity index (χ1) is 14.7. The molecular formula is C23H16Cl2FNO4. The summed E-state index contributed by atoms with van der Waals surface area (Å²) in [7, 11) is 1.18. The van der Waals surface area contributed by atoms with Gasteiger partial charge in [0.25, 0.3) is 0 Å². The molecule has 0 amide bonds. The van der Waals surface area contributed by atoms with Crippen LogP contribution in [0, 0.1) is 5.82 Å². The minimum atomic E-state index is -0.957. The zero-order valence-electron chi connectivity index (χ0n) is 16.8. The second kappa shape index (κ2) is 7.94. The molecule has 0 unspecified atom stereocenters. The molecule has 0 bridgehead atoms. The predicted molar refractivity (Wildman–Crippen MR) is 116 cm³/mol. The van der Waals surface area contributed by atoms with Crippen LogP contribution in [0.25, 0.3) is 22.4 Å². The molecule has 2 aromatic carbocycles. The predicted octanol–water partition coefficient (Wildman–Crippen LogP) is 6.67. The Labute approximate surface area is 187 Å². The summed E-state index contributed by atoms with van der Waals surface area (Å²) in [6, 6.07) is 8.63. The molecule has 0 spiro atoms. The van der Waals surface area contributed by atoms with E-state index in [1.54, 1.807) is 6.07 Å². The molecule has 1 aliphatic rings. The first kappa shape index (κ1) is 21.3. The number of ether oxygens (including phenoxy) is 2. The van der Waals surface area contributed by atoms with Crippen molar-refractivity contribution in [2.45, 2.75) is 19.8 Å². The number of hydrogen-bond acceptors (Lipinski definition) is 5. The Morgan fingerprint density at radius 1 is 1.03 bits per heavy atom. The second-order valence-electron chi connectivity index (χ2n) is 7.28. The largest absolute Gasteiger partial charge is 0.513 e. The normalized spacial score (nSPS) is 12.0. The highest BCUT2D eigenvalue weighted by molar-refractivity contribution is 6.43. The first-order valence-electron chi connectivity index (χ1n) is 9.36. The highest BCUT2D eigenvalue weighted by Gasteiger charge is 2.36. The molecule has 0 radical (unpaired) electrons. The molecule has 31 heavy (non-hydrogen) atoms. The van der Waals surface area contributed by atoms with Gasteiger partial charge in [-0.2, -0.15) is 0 Å². The second-order valence-corrected chi connectivity index (χ2v) is 8.10. The van der Waals surface area contributed by atoms with Gasteiger partial charge in [0, 0.05) is 16.7 Å². The van der Waals surface area contributed by atoms with Crippen LogP contribution in [-0.2, 0) is 4.74 Å². The Balaban J connectivity index is 2.11. The van der Waals surface area contributed by atoms with E-state index in [2.05, 4.69) is 9.72 Å². The zero-order valence-corrected chi connectivity index (χ0v) is 18.3. The van der Waals surface area contributed by atoms with Gasteiger partial charge < -0.3 is 9.47 Å². The van der Waals surface area contributed by atoms with Crippen LogP contribution >= 0.6 is 23.2 Å². The smallest absolute Gasteiger partial charge is 0.437 e. The Morgan fingerprint density at radius 3 is 2.23 bits per heavy atom. The van der Waals surface area contributed by atoms with E-state index in [9.17, 15) is 14.0 Å². The van der Waals surface area contributed by atoms with Gasteiger partial charge in [0.2, 0.25) is 0 Å². The highest BCUT2D eigenvalue weighted by atomic mass is 35.5. The van der Waals surface area contributed by atoms with Crippen molar-refractivity contribution in [1.29, 1.82) is 0 Å². The number of methoxy groups -OCH3 is 1. The molecule has 1 aliphatic carbocycles. The summed E-state index contributed by atoms with van der Waals surface area (Å²) < 4.78 is 23.8. The summed E-state index contributed by atoms with van der Waals surface area (Å²) in [6.07, 6.45) is -0.957. The van der Waals surface area contributed by atoms with E-state index in [1.807, 2.05) is 13.8 Å². The van der Waals surface area contributed by atoms with E-state index < -0.39 is 12.0 Å². The van der Waals surface area contributed by atoms with Gasteiger partial charge in [0.15, 0.2) is 11.5 Å². The van der Waals surface area contributed by atoms with Gasteiger partial charge in [-0.25, -0.2) is 14.2 Å². The van der Waals surface area contributed by atoms with Crippen molar-refractivity contribution >= 4 is 35.1 Å². The summed E-state index contributed by atoms with van der Waals surface area (Å²) in [5.74, 6) is -0.876. The average molecular weight is 460 g/mol. The van der Waals surface area contributed by atoms with Gasteiger partial charge in [0.05, 0.1) is 34.1 Å². The van der Waals surface area contributed by atoms with Gasteiger partial charge in [-0.05, 0) is 35.7 Å². The van der Waals surface area contributed by atoms with Crippen LogP contribution in [0.1, 0.15) is 41.4 Å². The third-order valence-electron chi connectivity index (χ3n) is 5.00. The third-order valence-corrected chi connectivity index (χ3v) is 5.72. The fourth-order valence-corrected chi connectivity index (χ4v) is 3.91. The van der Waals surface area contributed by atoms with Crippen molar-refractivity contribution in [3.8, 4) is 28.1 Å². The molecule has 8 heteroatoms. The minimum absolute atomic E-state index is 0.0885. The quantitative estimate of drug-likeness (QED) is 0.320. The Hall–Kier alpha value is -2.96. The third kappa shape index (κ3) is 3.56. The lowest BCUT2D eigenvalue weighted by atomic mass is 9.93. The summed E-state index contributed by atoms with van der Waals surface area (Å²) in [6.45, 7) is 3.75. The molecule has 0 N–H and O–H groups in total. The molecule has 3 aromatic rings. The fraction of sp³-hybridized carbons (Fsp3) is 0.174. The maximum Gasteiger partial charge on any atom is 0.513 e. The van der Waals surface area contributed by atoms with Crippen LogP contribution in [-0.4, -0.2) is 24.0 Å². The van der Waals surface area contributed by atoms with Crippen molar-refractivity contribution in [2.24, 2.45) is 0 Å². The molecule has 158 valence electrons. The summed E-state index contributed by atoms with van der Waals surface area (Å²) in [4.78, 5) is 30.1. The van der Waals surface area contributed by atoms with Crippen LogP contribution in [0.5, 0.6) is 5.75 Å². The van der Waals surface area contributed by atoms with E-state index in [-0.39, 0.29) is 33.1 Å². The minimum Gasteiger partial charge on any atom is -0.437 e. The Kier molecular flexibility index (Phi) is 5.45. The zero-order chi connectivity index (χ0) is 22.4. The number of pyridine rings is 1. The van der Waals surface area contributed by atoms with E-state index in [0.717, 1.165) is 0 Å². The first-order valence-corrected chi connectivity index (χ1v) is 10.1. The molecule has 0 fully saturated rings. The summed E-state index contributed by atoms with van der Waals surface area (Å²) >= 11 is 12.3. The number of halogens is 3. The van der Waals surface area contributed by atoms with Crippen LogP contribution in [0.2, 0.25) is 10.0 Å². The lowest BCUT2D eigenvalue weighted by Gasteiger charge is -2.19. The molecule has 4 rings (SSSR count). The molecule has 0 atom stereocenters. The van der Waals surface area contributed by atoms with E-state index >= 15 is 0 Å². The number of carbonyl (C=O) groups excluding carboxylic acids is 2. The van der Waals surface area contributed by atoms with Gasteiger partial charge >= 0.3 is 6.16 Å². The van der Waals surface area contributed by atoms with E-state index in [0.29, 0.717) is 33.6 Å². The van der Waals surface area contributed by atoms with Crippen molar-refractivity contribution in [3.63, 3.8) is 0 Å². The monoisotopic (exact) mass is 459 g/mol. The summed E-state index contributed by atoms with van der Waals surface area (Å²) in [5, 5.41) is 0.521. The molecule has 0 saturated heterocycles. The van der Waals surface area contributed by atoms with Crippen LogP contribution < -0.4 is 4.74 Å². The Bertz CT molecular complexity index is 1240. The number of hydrogen-bond donors (Lipinski definition) is 0. The summed E-state index contributed by atoms with van der Waals surface area (Å²) in [5.41, 5.74) is 2.75. The number of rotatable bonds is 3. The van der Waals surface area contributed by atoms with Gasteiger partial charge in [-0.3, -0.25) is 4.79 Å². The lowest BCUT2D eigenvalue weighted by Crippen LogP contribution is -2.14.